The van der Waals surface area contributed by atoms with Gasteiger partial charge < -0.3 is 9.84 Å². The summed E-state index contributed by atoms with van der Waals surface area (Å²) in [5, 5.41) is 7.48. The van der Waals surface area contributed by atoms with Crippen LogP contribution in [-0.4, -0.2) is 27.7 Å². The monoisotopic (exact) mass is 274 g/mol. The van der Waals surface area contributed by atoms with Crippen molar-refractivity contribution in [2.45, 2.75) is 45.6 Å². The van der Waals surface area contributed by atoms with Gasteiger partial charge in [-0.15, -0.1) is 0 Å². The number of likely N-dealkylation sites (N-methyl/N-ethyl adjacent to an activating group) is 1. The van der Waals surface area contributed by atoms with Crippen molar-refractivity contribution < 1.29 is 4.52 Å². The molecule has 0 radical (unpaired) electrons. The second-order valence-electron chi connectivity index (χ2n) is 4.85. The lowest BCUT2D eigenvalue weighted by atomic mass is 10.1. The molecule has 2 aromatic rings. The van der Waals surface area contributed by atoms with Gasteiger partial charge in [-0.25, -0.2) is 0 Å². The molecule has 108 valence electrons. The largest absolute Gasteiger partial charge is 0.339 e. The molecule has 1 unspecified atom stereocenters. The maximum Gasteiger partial charge on any atom is 0.228 e. The lowest BCUT2D eigenvalue weighted by molar-refractivity contribution is 0.349. The summed E-state index contributed by atoms with van der Waals surface area (Å²) < 4.78 is 5.33. The zero-order valence-electron chi connectivity index (χ0n) is 12.2. The van der Waals surface area contributed by atoms with Crippen molar-refractivity contribution in [2.24, 2.45) is 0 Å². The zero-order chi connectivity index (χ0) is 14.2. The molecule has 0 aliphatic rings. The van der Waals surface area contributed by atoms with E-state index in [4.69, 9.17) is 4.52 Å². The van der Waals surface area contributed by atoms with Crippen LogP contribution in [0.15, 0.2) is 28.9 Å². The second kappa shape index (κ2) is 7.75. The van der Waals surface area contributed by atoms with Crippen LogP contribution in [0.3, 0.4) is 0 Å². The maximum absolute atomic E-state index is 5.33. The highest BCUT2D eigenvalue weighted by Crippen LogP contribution is 2.08. The topological polar surface area (TPSA) is 63.8 Å². The number of nitrogens with one attached hydrogen (secondary N) is 1. The Bertz CT molecular complexity index is 492. The highest BCUT2D eigenvalue weighted by atomic mass is 16.5. The number of rotatable bonds is 8. The van der Waals surface area contributed by atoms with Crippen LogP contribution in [0.1, 0.15) is 44.1 Å². The molecule has 2 rings (SSSR count). The molecule has 0 saturated carbocycles. The van der Waals surface area contributed by atoms with Crippen LogP contribution in [0.2, 0.25) is 0 Å². The number of nitrogens with zero attached hydrogens (tertiary/aromatic N) is 3. The Balaban J connectivity index is 1.94. The molecule has 0 aliphatic heterocycles. The Morgan fingerprint density at radius 1 is 1.30 bits per heavy atom. The van der Waals surface area contributed by atoms with E-state index in [0.29, 0.717) is 24.2 Å². The van der Waals surface area contributed by atoms with Crippen LogP contribution in [-0.2, 0) is 12.8 Å². The van der Waals surface area contributed by atoms with Gasteiger partial charge in [-0.1, -0.05) is 31.5 Å². The van der Waals surface area contributed by atoms with E-state index in [1.165, 1.54) is 0 Å². The maximum atomic E-state index is 5.33. The van der Waals surface area contributed by atoms with E-state index in [-0.39, 0.29) is 0 Å². The quantitative estimate of drug-likeness (QED) is 0.800. The smallest absolute Gasteiger partial charge is 0.228 e. The summed E-state index contributed by atoms with van der Waals surface area (Å²) in [4.78, 5) is 8.72. The van der Waals surface area contributed by atoms with E-state index in [0.717, 1.165) is 31.5 Å². The summed E-state index contributed by atoms with van der Waals surface area (Å²) in [5.41, 5.74) is 0.955. The van der Waals surface area contributed by atoms with Crippen molar-refractivity contribution in [1.29, 1.82) is 0 Å². The Morgan fingerprint density at radius 3 is 2.90 bits per heavy atom. The van der Waals surface area contributed by atoms with E-state index in [9.17, 15) is 0 Å². The van der Waals surface area contributed by atoms with Gasteiger partial charge in [0.15, 0.2) is 5.82 Å². The van der Waals surface area contributed by atoms with Crippen LogP contribution < -0.4 is 5.32 Å². The average molecular weight is 274 g/mol. The van der Waals surface area contributed by atoms with Crippen molar-refractivity contribution in [3.63, 3.8) is 0 Å². The van der Waals surface area contributed by atoms with Crippen molar-refractivity contribution in [1.82, 2.24) is 20.4 Å². The van der Waals surface area contributed by atoms with Crippen LogP contribution in [0, 0.1) is 0 Å². The molecule has 0 spiro atoms. The van der Waals surface area contributed by atoms with Gasteiger partial charge in [0, 0.05) is 24.4 Å². The SMILES string of the molecule is CCCC(Cc1nc(Cc2ccccn2)no1)NCC. The Kier molecular flexibility index (Phi) is 5.68. The molecule has 1 atom stereocenters. The molecule has 5 nitrogen and oxygen atoms in total. The molecular formula is C15H22N4O. The molecule has 0 saturated heterocycles. The van der Waals surface area contributed by atoms with E-state index in [1.54, 1.807) is 6.20 Å². The van der Waals surface area contributed by atoms with Gasteiger partial charge >= 0.3 is 0 Å². The van der Waals surface area contributed by atoms with Crippen molar-refractivity contribution in [3.8, 4) is 0 Å². The molecule has 0 aliphatic carbocycles. The molecule has 1 N–H and O–H groups in total. The number of pyridine rings is 1. The van der Waals surface area contributed by atoms with Gasteiger partial charge in [0.05, 0.1) is 6.42 Å². The van der Waals surface area contributed by atoms with Gasteiger partial charge in [-0.05, 0) is 25.1 Å². The molecule has 0 amide bonds. The van der Waals surface area contributed by atoms with Gasteiger partial charge in [0.1, 0.15) is 0 Å². The predicted molar refractivity (Wildman–Crippen MR) is 77.4 cm³/mol. The summed E-state index contributed by atoms with van der Waals surface area (Å²) in [6.07, 6.45) is 5.44. The minimum absolute atomic E-state index is 0.410. The van der Waals surface area contributed by atoms with E-state index in [1.807, 2.05) is 18.2 Å². The standard InChI is InChI=1S/C15H22N4O/c1-3-7-12(16-4-2)11-15-18-14(19-20-15)10-13-8-5-6-9-17-13/h5-6,8-9,12,16H,3-4,7,10-11H2,1-2H3. The van der Waals surface area contributed by atoms with Crippen molar-refractivity contribution >= 4 is 0 Å². The second-order valence-corrected chi connectivity index (χ2v) is 4.85. The number of hydrogen-bond acceptors (Lipinski definition) is 5. The van der Waals surface area contributed by atoms with Gasteiger partial charge in [-0.3, -0.25) is 4.98 Å². The Hall–Kier alpha value is -1.75. The van der Waals surface area contributed by atoms with E-state index in [2.05, 4.69) is 34.3 Å². The predicted octanol–water partition coefficient (Wildman–Crippen LogP) is 2.38. The fraction of sp³-hybridized carbons (Fsp3) is 0.533. The van der Waals surface area contributed by atoms with Crippen molar-refractivity contribution in [3.05, 3.63) is 41.8 Å². The molecule has 0 aromatic carbocycles. The molecular weight excluding hydrogens is 252 g/mol. The summed E-state index contributed by atoms with van der Waals surface area (Å²) in [6.45, 7) is 5.26. The summed E-state index contributed by atoms with van der Waals surface area (Å²) in [5.74, 6) is 1.40. The first-order chi connectivity index (χ1) is 9.81. The Morgan fingerprint density at radius 2 is 2.20 bits per heavy atom. The molecule has 20 heavy (non-hydrogen) atoms. The van der Waals surface area contributed by atoms with Crippen LogP contribution in [0.25, 0.3) is 0 Å². The molecule has 2 aromatic heterocycles. The summed E-state index contributed by atoms with van der Waals surface area (Å²) in [7, 11) is 0. The normalized spacial score (nSPS) is 12.5. The lowest BCUT2D eigenvalue weighted by Gasteiger charge is -2.14. The third kappa shape index (κ3) is 4.42. The van der Waals surface area contributed by atoms with Crippen LogP contribution in [0.5, 0.6) is 0 Å². The molecule has 0 bridgehead atoms. The zero-order valence-corrected chi connectivity index (χ0v) is 12.2. The fourth-order valence-corrected chi connectivity index (χ4v) is 2.23. The van der Waals surface area contributed by atoms with Gasteiger partial charge in [0.2, 0.25) is 5.89 Å². The van der Waals surface area contributed by atoms with Crippen LogP contribution in [0.4, 0.5) is 0 Å². The first-order valence-corrected chi connectivity index (χ1v) is 7.26. The molecule has 5 heteroatoms. The van der Waals surface area contributed by atoms with E-state index < -0.39 is 0 Å². The van der Waals surface area contributed by atoms with Gasteiger partial charge in [-0.2, -0.15) is 4.98 Å². The average Bonchev–Trinajstić information content (AvgIpc) is 2.88. The molecule has 2 heterocycles. The van der Waals surface area contributed by atoms with Gasteiger partial charge in [0.25, 0.3) is 0 Å². The minimum Gasteiger partial charge on any atom is -0.339 e. The summed E-state index contributed by atoms with van der Waals surface area (Å²) in [6, 6.07) is 6.24. The minimum atomic E-state index is 0.410. The first kappa shape index (κ1) is 14.7. The van der Waals surface area contributed by atoms with E-state index >= 15 is 0 Å². The lowest BCUT2D eigenvalue weighted by Crippen LogP contribution is -2.30. The summed E-state index contributed by atoms with van der Waals surface area (Å²) >= 11 is 0. The first-order valence-electron chi connectivity index (χ1n) is 7.26. The van der Waals surface area contributed by atoms with Crippen molar-refractivity contribution in [2.75, 3.05) is 6.54 Å². The third-order valence-corrected chi connectivity index (χ3v) is 3.13. The number of aromatic nitrogens is 3. The van der Waals surface area contributed by atoms with Crippen LogP contribution >= 0.6 is 0 Å². The third-order valence-electron chi connectivity index (χ3n) is 3.13. The Labute approximate surface area is 119 Å². The highest BCUT2D eigenvalue weighted by molar-refractivity contribution is 5.09. The number of hydrogen-bond donors (Lipinski definition) is 1. The fourth-order valence-electron chi connectivity index (χ4n) is 2.23. The molecule has 0 fully saturated rings. The highest BCUT2D eigenvalue weighted by Gasteiger charge is 2.13.